The van der Waals surface area contributed by atoms with Crippen LogP contribution in [0.3, 0.4) is 0 Å². The summed E-state index contributed by atoms with van der Waals surface area (Å²) in [7, 11) is 0. The molecule has 0 fully saturated rings. The summed E-state index contributed by atoms with van der Waals surface area (Å²) >= 11 is 1.99. The van der Waals surface area contributed by atoms with Crippen LogP contribution in [0.25, 0.3) is 10.9 Å². The molecule has 0 bridgehead atoms. The molecule has 0 saturated heterocycles. The fraction of sp³-hybridized carbons (Fsp3) is 0.125. The number of hydrogen-bond acceptors (Lipinski definition) is 6. The Morgan fingerprint density at radius 1 is 1.28 bits per heavy atom. The molecule has 0 aliphatic carbocycles. The van der Waals surface area contributed by atoms with E-state index in [-0.39, 0.29) is 5.69 Å². The zero-order valence-corrected chi connectivity index (χ0v) is 15.2. The van der Waals surface area contributed by atoms with Crippen molar-refractivity contribution in [3.8, 4) is 0 Å². The van der Waals surface area contributed by atoms with Crippen molar-refractivity contribution < 1.29 is 4.92 Å². The zero-order chi connectivity index (χ0) is 18.0. The van der Waals surface area contributed by atoms with Crippen molar-refractivity contribution in [2.75, 3.05) is 5.84 Å². The van der Waals surface area contributed by atoms with Crippen molar-refractivity contribution in [3.05, 3.63) is 75.5 Å². The maximum Gasteiger partial charge on any atom is 0.269 e. The minimum absolute atomic E-state index is 0.0288. The summed E-state index contributed by atoms with van der Waals surface area (Å²) in [4.78, 5) is 19.5. The van der Waals surface area contributed by atoms with Crippen LogP contribution in [0.2, 0.25) is 0 Å². The Morgan fingerprint density at radius 2 is 2.04 bits per heavy atom. The van der Waals surface area contributed by atoms with Crippen LogP contribution >= 0.6 is 22.6 Å². The number of fused-ring (bicyclic) bond motifs is 1. The molecule has 0 spiro atoms. The van der Waals surface area contributed by atoms with Crippen molar-refractivity contribution in [3.63, 3.8) is 0 Å². The molecule has 25 heavy (non-hydrogen) atoms. The van der Waals surface area contributed by atoms with E-state index in [4.69, 9.17) is 11.6 Å². The van der Waals surface area contributed by atoms with Crippen LogP contribution in [0, 0.1) is 10.1 Å². The van der Waals surface area contributed by atoms with E-state index < -0.39 is 9.10 Å². The Hall–Kier alpha value is -2.53. The number of aromatic nitrogens is 2. The topological polar surface area (TPSA) is 125 Å². The quantitative estimate of drug-likeness (QED) is 0.157. The van der Waals surface area contributed by atoms with Gasteiger partial charge < -0.3 is 11.6 Å². The minimum Gasteiger partial charge on any atom is -0.336 e. The minimum atomic E-state index is -0.455. The van der Waals surface area contributed by atoms with Gasteiger partial charge in [0.15, 0.2) is 9.66 Å². The van der Waals surface area contributed by atoms with Crippen molar-refractivity contribution in [2.45, 2.75) is 10.6 Å². The first-order valence-corrected chi connectivity index (χ1v) is 8.63. The monoisotopic (exact) mass is 450 g/mol. The van der Waals surface area contributed by atoms with Crippen LogP contribution in [0.1, 0.15) is 11.4 Å². The molecule has 1 atom stereocenters. The highest BCUT2D eigenvalue weighted by molar-refractivity contribution is 14.1. The molecular weight excluding hydrogens is 435 g/mol. The van der Waals surface area contributed by atoms with Crippen LogP contribution < -0.4 is 17.1 Å². The average Bonchev–Trinajstić information content (AvgIpc) is 2.58. The lowest BCUT2D eigenvalue weighted by Gasteiger charge is -2.12. The molecule has 4 N–H and O–H groups in total. The number of benzene rings is 2. The van der Waals surface area contributed by atoms with Crippen molar-refractivity contribution in [1.29, 1.82) is 0 Å². The fourth-order valence-electron chi connectivity index (χ4n) is 2.54. The Bertz CT molecular complexity index is 1010. The van der Waals surface area contributed by atoms with Gasteiger partial charge in [0.25, 0.3) is 5.69 Å². The summed E-state index contributed by atoms with van der Waals surface area (Å²) in [5.74, 6) is 6.75. The van der Waals surface area contributed by atoms with E-state index in [0.29, 0.717) is 17.7 Å². The SMILES string of the molecule is NC(I)/N=c1/c2ccccc2nc(Cc2cccc([N+](=O)[O-])c2)n1N. The van der Waals surface area contributed by atoms with Gasteiger partial charge in [0, 0.05) is 23.9 Å². The molecule has 0 amide bonds. The first kappa shape index (κ1) is 17.3. The van der Waals surface area contributed by atoms with Gasteiger partial charge in [0.05, 0.1) is 10.4 Å². The lowest BCUT2D eigenvalue weighted by Crippen LogP contribution is -2.34. The highest BCUT2D eigenvalue weighted by Crippen LogP contribution is 2.16. The van der Waals surface area contributed by atoms with Gasteiger partial charge in [-0.2, -0.15) is 0 Å². The van der Waals surface area contributed by atoms with E-state index in [1.54, 1.807) is 12.1 Å². The highest BCUT2D eigenvalue weighted by atomic mass is 127. The largest absolute Gasteiger partial charge is 0.336 e. The van der Waals surface area contributed by atoms with E-state index >= 15 is 0 Å². The average molecular weight is 450 g/mol. The standard InChI is InChI=1S/C16H15IN6O2/c17-16(18)21-15-12-6-1-2-7-13(12)20-14(22(15)19)9-10-4-3-5-11(8-10)23(24)25/h1-8,16H,9,18-19H2/b21-15-. The van der Waals surface area contributed by atoms with E-state index in [1.165, 1.54) is 16.8 Å². The second-order valence-electron chi connectivity index (χ2n) is 5.34. The van der Waals surface area contributed by atoms with E-state index in [2.05, 4.69) is 9.98 Å². The maximum absolute atomic E-state index is 11.0. The molecule has 3 rings (SSSR count). The summed E-state index contributed by atoms with van der Waals surface area (Å²) in [5, 5.41) is 11.7. The third-order valence-electron chi connectivity index (χ3n) is 3.63. The molecular formula is C16H15IN6O2. The Kier molecular flexibility index (Phi) is 4.95. The van der Waals surface area contributed by atoms with Gasteiger partial charge in [-0.3, -0.25) is 10.1 Å². The summed E-state index contributed by atoms with van der Waals surface area (Å²) in [6.07, 6.45) is 0.335. The predicted molar refractivity (Wildman–Crippen MR) is 103 cm³/mol. The molecule has 9 heteroatoms. The summed E-state index contributed by atoms with van der Waals surface area (Å²) in [6.45, 7) is 0. The normalized spacial score (nSPS) is 13.1. The lowest BCUT2D eigenvalue weighted by molar-refractivity contribution is -0.384. The number of hydrogen-bond donors (Lipinski definition) is 2. The molecule has 1 heterocycles. The van der Waals surface area contributed by atoms with Crippen molar-refractivity contribution >= 4 is 39.2 Å². The molecule has 128 valence electrons. The van der Waals surface area contributed by atoms with Crippen molar-refractivity contribution in [2.24, 2.45) is 10.7 Å². The molecule has 0 saturated carbocycles. The lowest BCUT2D eigenvalue weighted by atomic mass is 10.1. The summed E-state index contributed by atoms with van der Waals surface area (Å²) < 4.78 is 0.934. The third-order valence-corrected chi connectivity index (χ3v) is 3.91. The number of nitro groups is 1. The van der Waals surface area contributed by atoms with E-state index in [1.807, 2.05) is 46.9 Å². The van der Waals surface area contributed by atoms with Gasteiger partial charge in [-0.1, -0.05) is 24.3 Å². The van der Waals surface area contributed by atoms with Crippen LogP contribution in [0.4, 0.5) is 5.69 Å². The van der Waals surface area contributed by atoms with Gasteiger partial charge in [0.1, 0.15) is 5.82 Å². The second kappa shape index (κ2) is 7.15. The molecule has 0 aliphatic rings. The van der Waals surface area contributed by atoms with Crippen LogP contribution in [-0.2, 0) is 6.42 Å². The Labute approximate surface area is 156 Å². The third kappa shape index (κ3) is 3.77. The van der Waals surface area contributed by atoms with E-state index in [9.17, 15) is 10.1 Å². The van der Waals surface area contributed by atoms with Gasteiger partial charge in [-0.25, -0.2) is 14.7 Å². The summed E-state index contributed by atoms with van der Waals surface area (Å²) in [5.41, 5.74) is 7.82. The number of non-ortho nitro benzene ring substituents is 1. The fourth-order valence-corrected chi connectivity index (χ4v) is 2.80. The predicted octanol–water partition coefficient (Wildman–Crippen LogP) is 1.83. The van der Waals surface area contributed by atoms with Gasteiger partial charge in [0.2, 0.25) is 0 Å². The van der Waals surface area contributed by atoms with Crippen LogP contribution in [0.5, 0.6) is 0 Å². The zero-order valence-electron chi connectivity index (χ0n) is 13.0. The Morgan fingerprint density at radius 3 is 2.76 bits per heavy atom. The number of alkyl halides is 1. The number of nitrogens with two attached hydrogens (primary N) is 2. The van der Waals surface area contributed by atoms with Gasteiger partial charge in [-0.15, -0.1) is 0 Å². The number of halogens is 1. The molecule has 0 radical (unpaired) electrons. The molecule has 2 aromatic carbocycles. The Balaban J connectivity index is 2.15. The van der Waals surface area contributed by atoms with Crippen LogP contribution in [-0.4, -0.2) is 18.8 Å². The number of nitro benzene ring substituents is 1. The first-order valence-electron chi connectivity index (χ1n) is 7.38. The molecule has 1 aromatic heterocycles. The van der Waals surface area contributed by atoms with E-state index in [0.717, 1.165) is 16.5 Å². The smallest absolute Gasteiger partial charge is 0.269 e. The first-order chi connectivity index (χ1) is 12.0. The van der Waals surface area contributed by atoms with Gasteiger partial charge in [-0.05, 0) is 40.3 Å². The molecule has 8 nitrogen and oxygen atoms in total. The number of para-hydroxylation sites is 1. The molecule has 0 aliphatic heterocycles. The highest BCUT2D eigenvalue weighted by Gasteiger charge is 2.11. The number of rotatable bonds is 4. The van der Waals surface area contributed by atoms with Crippen molar-refractivity contribution in [1.82, 2.24) is 9.66 Å². The van der Waals surface area contributed by atoms with Gasteiger partial charge >= 0.3 is 0 Å². The molecule has 3 aromatic rings. The second-order valence-corrected chi connectivity index (χ2v) is 6.62. The number of nitrogens with zero attached hydrogens (tertiary/aromatic N) is 4. The number of nitrogen functional groups attached to an aromatic ring is 1. The maximum atomic E-state index is 11.0. The molecule has 1 unspecified atom stereocenters. The van der Waals surface area contributed by atoms with Crippen LogP contribution in [0.15, 0.2) is 53.5 Å². The summed E-state index contributed by atoms with van der Waals surface area (Å²) in [6, 6.07) is 13.9.